The van der Waals surface area contributed by atoms with Crippen LogP contribution in [0.1, 0.15) is 40.4 Å². The predicted molar refractivity (Wildman–Crippen MR) is 126 cm³/mol. The molecule has 0 bridgehead atoms. The number of carbonyl (C=O) groups excluding carboxylic acids is 1. The molecule has 3 N–H and O–H groups in total. The van der Waals surface area contributed by atoms with Crippen LogP contribution in [-0.4, -0.2) is 47.0 Å². The van der Waals surface area contributed by atoms with Crippen LogP contribution in [0.3, 0.4) is 0 Å². The number of hydrogen-bond donors (Lipinski definition) is 3. The lowest BCUT2D eigenvalue weighted by atomic mass is 10.1. The number of sulfonamides is 1. The molecule has 0 aromatic heterocycles. The Balaban J connectivity index is 2.01. The summed E-state index contributed by atoms with van der Waals surface area (Å²) in [6.45, 7) is 11.4. The molecule has 7 nitrogen and oxygen atoms in total. The molecule has 0 aliphatic carbocycles. The third-order valence-electron chi connectivity index (χ3n) is 5.58. The van der Waals surface area contributed by atoms with Crippen LogP contribution in [0.15, 0.2) is 35.2 Å². The van der Waals surface area contributed by atoms with Gasteiger partial charge in [0.1, 0.15) is 0 Å². The second-order valence-corrected chi connectivity index (χ2v) is 9.68. The maximum absolute atomic E-state index is 13.3. The summed E-state index contributed by atoms with van der Waals surface area (Å²) in [5.41, 5.74) is 4.29. The summed E-state index contributed by atoms with van der Waals surface area (Å²) in [6.07, 6.45) is 0.830. The fourth-order valence-corrected chi connectivity index (χ4v) is 5.08. The van der Waals surface area contributed by atoms with E-state index >= 15 is 0 Å². The molecular formula is C23H32N4O3S. The van der Waals surface area contributed by atoms with E-state index in [0.717, 1.165) is 49.4 Å². The van der Waals surface area contributed by atoms with E-state index in [2.05, 4.69) is 20.3 Å². The molecule has 3 rings (SSSR count). The van der Waals surface area contributed by atoms with Gasteiger partial charge in [-0.3, -0.25) is 9.52 Å². The Labute approximate surface area is 185 Å². The van der Waals surface area contributed by atoms with E-state index in [1.165, 1.54) is 0 Å². The van der Waals surface area contributed by atoms with Gasteiger partial charge >= 0.3 is 0 Å². The smallest absolute Gasteiger partial charge is 0.262 e. The van der Waals surface area contributed by atoms with E-state index in [-0.39, 0.29) is 10.8 Å². The fraction of sp³-hybridized carbons (Fsp3) is 0.435. The van der Waals surface area contributed by atoms with Crippen molar-refractivity contribution in [3.8, 4) is 0 Å². The van der Waals surface area contributed by atoms with Crippen molar-refractivity contribution in [3.63, 3.8) is 0 Å². The second kappa shape index (κ2) is 9.70. The number of rotatable bonds is 7. The Morgan fingerprint density at radius 2 is 1.71 bits per heavy atom. The van der Waals surface area contributed by atoms with E-state index in [1.54, 1.807) is 25.1 Å². The van der Waals surface area contributed by atoms with Gasteiger partial charge in [-0.15, -0.1) is 0 Å². The van der Waals surface area contributed by atoms with Gasteiger partial charge in [-0.2, -0.15) is 0 Å². The lowest BCUT2D eigenvalue weighted by Crippen LogP contribution is -2.43. The maximum Gasteiger partial charge on any atom is 0.262 e. The molecule has 31 heavy (non-hydrogen) atoms. The van der Waals surface area contributed by atoms with Crippen LogP contribution in [0, 0.1) is 20.8 Å². The van der Waals surface area contributed by atoms with Crippen molar-refractivity contribution in [2.75, 3.05) is 42.3 Å². The first-order valence-corrected chi connectivity index (χ1v) is 12.2. The number of amides is 1. The van der Waals surface area contributed by atoms with E-state index < -0.39 is 10.0 Å². The molecule has 1 aliphatic rings. The van der Waals surface area contributed by atoms with Gasteiger partial charge in [0.05, 0.1) is 16.3 Å². The molecule has 0 atom stereocenters. The SMILES string of the molecule is CCCNC(=O)c1ccc(N2CCNCC2)c(NS(=O)(=O)c2cc(C)c(C)cc2C)c1. The highest BCUT2D eigenvalue weighted by atomic mass is 32.2. The lowest BCUT2D eigenvalue weighted by molar-refractivity contribution is 0.0953. The van der Waals surface area contributed by atoms with Crippen LogP contribution in [0.5, 0.6) is 0 Å². The van der Waals surface area contributed by atoms with Crippen LogP contribution in [0.25, 0.3) is 0 Å². The van der Waals surface area contributed by atoms with Gasteiger partial charge in [0, 0.05) is 38.3 Å². The summed E-state index contributed by atoms with van der Waals surface area (Å²) in [4.78, 5) is 14.9. The zero-order valence-electron chi connectivity index (χ0n) is 18.7. The monoisotopic (exact) mass is 444 g/mol. The molecule has 1 heterocycles. The van der Waals surface area contributed by atoms with Crippen LogP contribution >= 0.6 is 0 Å². The van der Waals surface area contributed by atoms with Gasteiger partial charge in [-0.1, -0.05) is 13.0 Å². The Morgan fingerprint density at radius 1 is 1.03 bits per heavy atom. The number of benzene rings is 2. The number of anilines is 2. The van der Waals surface area contributed by atoms with Gasteiger partial charge in [-0.05, 0) is 68.1 Å². The zero-order chi connectivity index (χ0) is 22.6. The Bertz CT molecular complexity index is 1060. The minimum atomic E-state index is -3.83. The van der Waals surface area contributed by atoms with E-state index in [0.29, 0.717) is 23.4 Å². The van der Waals surface area contributed by atoms with Crippen molar-refractivity contribution in [3.05, 3.63) is 52.6 Å². The Morgan fingerprint density at radius 3 is 2.39 bits per heavy atom. The molecule has 168 valence electrons. The topological polar surface area (TPSA) is 90.5 Å². The third-order valence-corrected chi connectivity index (χ3v) is 7.08. The van der Waals surface area contributed by atoms with Crippen molar-refractivity contribution >= 4 is 27.3 Å². The zero-order valence-corrected chi connectivity index (χ0v) is 19.5. The molecule has 0 saturated carbocycles. The Kier molecular flexibility index (Phi) is 7.23. The number of aryl methyl sites for hydroxylation is 3. The predicted octanol–water partition coefficient (Wildman–Crippen LogP) is 2.96. The number of nitrogens with zero attached hydrogens (tertiary/aromatic N) is 1. The van der Waals surface area contributed by atoms with E-state index in [4.69, 9.17) is 0 Å². The Hall–Kier alpha value is -2.58. The number of carbonyl (C=O) groups is 1. The van der Waals surface area contributed by atoms with Gasteiger partial charge in [0.15, 0.2) is 0 Å². The molecule has 1 amide bonds. The van der Waals surface area contributed by atoms with E-state index in [9.17, 15) is 13.2 Å². The average Bonchev–Trinajstić information content (AvgIpc) is 2.74. The fourth-order valence-electron chi connectivity index (χ4n) is 3.70. The highest BCUT2D eigenvalue weighted by Crippen LogP contribution is 2.31. The summed E-state index contributed by atoms with van der Waals surface area (Å²) < 4.78 is 29.4. The van der Waals surface area contributed by atoms with Crippen molar-refractivity contribution in [1.82, 2.24) is 10.6 Å². The molecule has 1 saturated heterocycles. The van der Waals surface area contributed by atoms with Crippen LogP contribution in [0.2, 0.25) is 0 Å². The van der Waals surface area contributed by atoms with Crippen molar-refractivity contribution < 1.29 is 13.2 Å². The molecule has 2 aromatic rings. The molecule has 0 radical (unpaired) electrons. The van der Waals surface area contributed by atoms with Gasteiger partial charge in [0.25, 0.3) is 15.9 Å². The van der Waals surface area contributed by atoms with Crippen molar-refractivity contribution in [2.24, 2.45) is 0 Å². The van der Waals surface area contributed by atoms with Crippen molar-refractivity contribution in [1.29, 1.82) is 0 Å². The molecule has 0 unspecified atom stereocenters. The largest absolute Gasteiger partial charge is 0.367 e. The average molecular weight is 445 g/mol. The van der Waals surface area contributed by atoms with Crippen LogP contribution < -0.4 is 20.3 Å². The second-order valence-electron chi connectivity index (χ2n) is 8.03. The van der Waals surface area contributed by atoms with Crippen LogP contribution in [0.4, 0.5) is 11.4 Å². The first kappa shape index (κ1) is 23.1. The minimum absolute atomic E-state index is 0.212. The van der Waals surface area contributed by atoms with Crippen LogP contribution in [-0.2, 0) is 10.0 Å². The highest BCUT2D eigenvalue weighted by molar-refractivity contribution is 7.92. The van der Waals surface area contributed by atoms with Gasteiger partial charge < -0.3 is 15.5 Å². The number of piperazine rings is 1. The summed E-state index contributed by atoms with van der Waals surface area (Å²) >= 11 is 0. The summed E-state index contributed by atoms with van der Waals surface area (Å²) in [7, 11) is -3.83. The summed E-state index contributed by atoms with van der Waals surface area (Å²) in [6, 6.07) is 8.81. The quantitative estimate of drug-likeness (QED) is 0.611. The normalized spacial score (nSPS) is 14.4. The summed E-state index contributed by atoms with van der Waals surface area (Å²) in [5, 5.41) is 6.16. The molecule has 2 aromatic carbocycles. The first-order chi connectivity index (χ1) is 14.7. The van der Waals surface area contributed by atoms with Crippen molar-refractivity contribution in [2.45, 2.75) is 39.0 Å². The maximum atomic E-state index is 13.3. The standard InChI is InChI=1S/C23H32N4O3S/c1-5-8-25-23(28)19-6-7-21(27-11-9-24-10-12-27)20(15-19)26-31(29,30)22-14-17(3)16(2)13-18(22)4/h6-7,13-15,24,26H,5,8-12H2,1-4H3,(H,25,28). The van der Waals surface area contributed by atoms with Gasteiger partial charge in [0.2, 0.25) is 0 Å². The molecule has 1 fully saturated rings. The highest BCUT2D eigenvalue weighted by Gasteiger charge is 2.23. The first-order valence-electron chi connectivity index (χ1n) is 10.7. The molecule has 0 spiro atoms. The molecule has 1 aliphatic heterocycles. The number of hydrogen-bond acceptors (Lipinski definition) is 5. The van der Waals surface area contributed by atoms with Gasteiger partial charge in [-0.25, -0.2) is 8.42 Å². The third kappa shape index (κ3) is 5.37. The minimum Gasteiger partial charge on any atom is -0.367 e. The lowest BCUT2D eigenvalue weighted by Gasteiger charge is -2.31. The molecule has 8 heteroatoms. The summed E-state index contributed by atoms with van der Waals surface area (Å²) in [5.74, 6) is -0.212. The molecular weight excluding hydrogens is 412 g/mol. The number of nitrogens with one attached hydrogen (secondary N) is 3. The van der Waals surface area contributed by atoms with E-state index in [1.807, 2.05) is 32.9 Å².